The zero-order valence-electron chi connectivity index (χ0n) is 14.3. The van der Waals surface area contributed by atoms with Crippen molar-refractivity contribution in [1.29, 1.82) is 0 Å². The molecule has 1 saturated heterocycles. The number of aromatic nitrogens is 1. The number of rotatable bonds is 8. The van der Waals surface area contributed by atoms with Gasteiger partial charge < -0.3 is 10.2 Å². The highest BCUT2D eigenvalue weighted by Crippen LogP contribution is 2.22. The number of carbonyl (C=O) groups is 1. The van der Waals surface area contributed by atoms with Crippen molar-refractivity contribution in [1.82, 2.24) is 15.2 Å². The molecule has 0 spiro atoms. The van der Waals surface area contributed by atoms with Crippen molar-refractivity contribution in [2.45, 2.75) is 38.3 Å². The lowest BCUT2D eigenvalue weighted by Gasteiger charge is -2.25. The van der Waals surface area contributed by atoms with Crippen LogP contribution < -0.4 is 5.32 Å². The summed E-state index contributed by atoms with van der Waals surface area (Å²) in [6.07, 6.45) is 6.60. The number of likely N-dealkylation sites (tertiary alicyclic amines) is 1. The Balaban J connectivity index is 1.45. The second-order valence-corrected chi connectivity index (χ2v) is 6.45. The van der Waals surface area contributed by atoms with Crippen molar-refractivity contribution >= 4 is 5.91 Å². The first-order chi connectivity index (χ1) is 12.2. The molecule has 1 N–H and O–H groups in total. The molecule has 1 aliphatic rings. The van der Waals surface area contributed by atoms with Gasteiger partial charge in [-0.15, -0.1) is 0 Å². The summed E-state index contributed by atoms with van der Waals surface area (Å²) >= 11 is 0. The van der Waals surface area contributed by atoms with E-state index < -0.39 is 0 Å². The van der Waals surface area contributed by atoms with Gasteiger partial charge in [-0.3, -0.25) is 9.78 Å². The summed E-state index contributed by atoms with van der Waals surface area (Å²) in [5, 5.41) is 3.41. The van der Waals surface area contributed by atoms with Gasteiger partial charge in [0.15, 0.2) is 0 Å². The zero-order chi connectivity index (χ0) is 17.5. The number of halogens is 1. The lowest BCUT2D eigenvalue weighted by molar-refractivity contribution is -0.129. The fourth-order valence-electron chi connectivity index (χ4n) is 3.35. The van der Waals surface area contributed by atoms with E-state index >= 15 is 0 Å². The van der Waals surface area contributed by atoms with Gasteiger partial charge in [0, 0.05) is 37.9 Å². The van der Waals surface area contributed by atoms with Crippen LogP contribution in [0.5, 0.6) is 0 Å². The molecule has 1 unspecified atom stereocenters. The number of carbonyl (C=O) groups excluding carboxylic acids is 1. The molecule has 1 aliphatic heterocycles. The minimum Gasteiger partial charge on any atom is -0.339 e. The fraction of sp³-hybridized carbons (Fsp3) is 0.400. The summed E-state index contributed by atoms with van der Waals surface area (Å²) in [7, 11) is 0. The van der Waals surface area contributed by atoms with E-state index in [1.807, 2.05) is 29.3 Å². The number of benzene rings is 1. The van der Waals surface area contributed by atoms with Gasteiger partial charge in [0.1, 0.15) is 5.82 Å². The molecule has 2 heterocycles. The number of amides is 1. The Hall–Kier alpha value is -2.27. The number of hydrogen-bond acceptors (Lipinski definition) is 3. The van der Waals surface area contributed by atoms with E-state index in [0.29, 0.717) is 24.9 Å². The third-order valence-corrected chi connectivity index (χ3v) is 4.74. The van der Waals surface area contributed by atoms with Crippen LogP contribution in [0, 0.1) is 5.82 Å². The third-order valence-electron chi connectivity index (χ3n) is 4.74. The van der Waals surface area contributed by atoms with Crippen LogP contribution in [0.3, 0.4) is 0 Å². The Morgan fingerprint density at radius 3 is 2.92 bits per heavy atom. The van der Waals surface area contributed by atoms with E-state index in [1.54, 1.807) is 18.3 Å². The summed E-state index contributed by atoms with van der Waals surface area (Å²) in [5.41, 5.74) is 1.83. The van der Waals surface area contributed by atoms with Gasteiger partial charge in [-0.2, -0.15) is 0 Å². The van der Waals surface area contributed by atoms with Crippen LogP contribution in [0.25, 0.3) is 0 Å². The SMILES string of the molecule is O=C1CCC(CCNCc2cccnc2)N1CCc1ccccc1F. The smallest absolute Gasteiger partial charge is 0.222 e. The van der Waals surface area contributed by atoms with E-state index in [-0.39, 0.29) is 17.8 Å². The standard InChI is InChI=1S/C20H24FN3O/c21-19-6-2-1-5-17(19)10-13-24-18(7-8-20(24)25)9-12-23-15-16-4-3-11-22-14-16/h1-6,11,14,18,23H,7-10,12-13,15H2. The quantitative estimate of drug-likeness (QED) is 0.751. The molecule has 0 radical (unpaired) electrons. The Morgan fingerprint density at radius 1 is 1.24 bits per heavy atom. The van der Waals surface area contributed by atoms with E-state index in [2.05, 4.69) is 10.3 Å². The molecule has 132 valence electrons. The topological polar surface area (TPSA) is 45.2 Å². The van der Waals surface area contributed by atoms with Crippen LogP contribution in [0.15, 0.2) is 48.8 Å². The molecule has 2 aromatic rings. The van der Waals surface area contributed by atoms with Crippen molar-refractivity contribution in [2.75, 3.05) is 13.1 Å². The molecule has 0 saturated carbocycles. The Bertz CT molecular complexity index is 692. The molecule has 25 heavy (non-hydrogen) atoms. The molecule has 4 nitrogen and oxygen atoms in total. The molecule has 0 bridgehead atoms. The van der Waals surface area contributed by atoms with Crippen molar-refractivity contribution < 1.29 is 9.18 Å². The summed E-state index contributed by atoms with van der Waals surface area (Å²) in [4.78, 5) is 18.2. The maximum Gasteiger partial charge on any atom is 0.222 e. The monoisotopic (exact) mass is 341 g/mol. The average molecular weight is 341 g/mol. The first-order valence-electron chi connectivity index (χ1n) is 8.86. The molecule has 1 atom stereocenters. The first kappa shape index (κ1) is 17.5. The van der Waals surface area contributed by atoms with Crippen LogP contribution >= 0.6 is 0 Å². The largest absolute Gasteiger partial charge is 0.339 e. The number of pyridine rings is 1. The number of hydrogen-bond donors (Lipinski definition) is 1. The van der Waals surface area contributed by atoms with E-state index in [1.165, 1.54) is 6.07 Å². The van der Waals surface area contributed by atoms with Crippen molar-refractivity contribution in [3.05, 3.63) is 65.7 Å². The van der Waals surface area contributed by atoms with Gasteiger partial charge in [0.05, 0.1) is 0 Å². The highest BCUT2D eigenvalue weighted by Gasteiger charge is 2.30. The molecule has 0 aliphatic carbocycles. The number of nitrogens with zero attached hydrogens (tertiary/aromatic N) is 2. The Kier molecular flexibility index (Phi) is 6.12. The van der Waals surface area contributed by atoms with Gasteiger partial charge in [-0.1, -0.05) is 24.3 Å². The zero-order valence-corrected chi connectivity index (χ0v) is 14.3. The van der Waals surface area contributed by atoms with E-state index in [4.69, 9.17) is 0 Å². The lowest BCUT2D eigenvalue weighted by Crippen LogP contribution is -2.36. The van der Waals surface area contributed by atoms with Gasteiger partial charge in [-0.25, -0.2) is 4.39 Å². The molecule has 1 aromatic carbocycles. The lowest BCUT2D eigenvalue weighted by atomic mass is 10.1. The van der Waals surface area contributed by atoms with Crippen molar-refractivity contribution in [3.63, 3.8) is 0 Å². The summed E-state index contributed by atoms with van der Waals surface area (Å²) in [6.45, 7) is 2.22. The second-order valence-electron chi connectivity index (χ2n) is 6.45. The Labute approximate surface area is 148 Å². The maximum atomic E-state index is 13.7. The van der Waals surface area contributed by atoms with Crippen molar-refractivity contribution in [2.24, 2.45) is 0 Å². The van der Waals surface area contributed by atoms with Crippen LogP contribution in [0.1, 0.15) is 30.4 Å². The molecular formula is C20H24FN3O. The predicted octanol–water partition coefficient (Wildman–Crippen LogP) is 2.93. The molecule has 1 amide bonds. The molecule has 1 aromatic heterocycles. The number of nitrogens with one attached hydrogen (secondary N) is 1. The summed E-state index contributed by atoms with van der Waals surface area (Å²) in [6, 6.07) is 11.0. The van der Waals surface area contributed by atoms with Crippen LogP contribution in [0.4, 0.5) is 4.39 Å². The third kappa shape index (κ3) is 4.86. The van der Waals surface area contributed by atoms with Crippen LogP contribution in [0.2, 0.25) is 0 Å². The van der Waals surface area contributed by atoms with E-state index in [0.717, 1.165) is 31.5 Å². The minimum atomic E-state index is -0.191. The van der Waals surface area contributed by atoms with Crippen LogP contribution in [-0.4, -0.2) is 34.9 Å². The fourth-order valence-corrected chi connectivity index (χ4v) is 3.35. The Morgan fingerprint density at radius 2 is 2.12 bits per heavy atom. The summed E-state index contributed by atoms with van der Waals surface area (Å²) in [5.74, 6) is -0.00238. The first-order valence-corrected chi connectivity index (χ1v) is 8.86. The maximum absolute atomic E-state index is 13.7. The van der Waals surface area contributed by atoms with Crippen molar-refractivity contribution in [3.8, 4) is 0 Å². The highest BCUT2D eigenvalue weighted by atomic mass is 19.1. The molecule has 5 heteroatoms. The minimum absolute atomic E-state index is 0.189. The van der Waals surface area contributed by atoms with Gasteiger partial charge >= 0.3 is 0 Å². The average Bonchev–Trinajstić information content (AvgIpc) is 2.99. The summed E-state index contributed by atoms with van der Waals surface area (Å²) < 4.78 is 13.7. The normalized spacial score (nSPS) is 17.2. The molecule has 3 rings (SSSR count). The molecular weight excluding hydrogens is 317 g/mol. The predicted molar refractivity (Wildman–Crippen MR) is 95.4 cm³/mol. The van der Waals surface area contributed by atoms with Gasteiger partial charge in [0.2, 0.25) is 5.91 Å². The van der Waals surface area contributed by atoms with Gasteiger partial charge in [0.25, 0.3) is 0 Å². The highest BCUT2D eigenvalue weighted by molar-refractivity contribution is 5.78. The van der Waals surface area contributed by atoms with Crippen LogP contribution in [-0.2, 0) is 17.8 Å². The van der Waals surface area contributed by atoms with Gasteiger partial charge in [-0.05, 0) is 49.1 Å². The second kappa shape index (κ2) is 8.72. The van der Waals surface area contributed by atoms with E-state index in [9.17, 15) is 9.18 Å². The molecule has 1 fully saturated rings.